The van der Waals surface area contributed by atoms with Gasteiger partial charge in [0.25, 0.3) is 0 Å². The van der Waals surface area contributed by atoms with Gasteiger partial charge in [-0.2, -0.15) is 0 Å². The molecule has 2 aromatic carbocycles. The Morgan fingerprint density at radius 3 is 2.46 bits per heavy atom. The largest absolute Gasteiger partial charge is 0.374 e. The fraction of sp³-hybridized carbons (Fsp3) is 0.278. The van der Waals surface area contributed by atoms with E-state index >= 15 is 0 Å². The van der Waals surface area contributed by atoms with Crippen LogP contribution in [0.25, 0.3) is 0 Å². The number of benzene rings is 2. The molecule has 0 saturated carbocycles. The molecule has 1 amide bonds. The van der Waals surface area contributed by atoms with Gasteiger partial charge in [0.15, 0.2) is 0 Å². The van der Waals surface area contributed by atoms with Crippen LogP contribution in [0.5, 0.6) is 0 Å². The van der Waals surface area contributed by atoms with Crippen LogP contribution in [0.1, 0.15) is 13.3 Å². The van der Waals surface area contributed by atoms with Gasteiger partial charge in [-0.25, -0.2) is 12.8 Å². The molecule has 138 valence electrons. The van der Waals surface area contributed by atoms with Crippen LogP contribution >= 0.6 is 0 Å². The molecule has 1 fully saturated rings. The maximum atomic E-state index is 13.6. The van der Waals surface area contributed by atoms with Gasteiger partial charge >= 0.3 is 0 Å². The number of hydrogen-bond donors (Lipinski definition) is 2. The minimum absolute atomic E-state index is 0.126. The van der Waals surface area contributed by atoms with Crippen molar-refractivity contribution in [3.05, 3.63) is 54.3 Å². The third kappa shape index (κ3) is 3.96. The lowest BCUT2D eigenvalue weighted by atomic mass is 10.2. The molecule has 1 heterocycles. The lowest BCUT2D eigenvalue weighted by Gasteiger charge is -2.19. The van der Waals surface area contributed by atoms with E-state index in [1.807, 2.05) is 0 Å². The average molecular weight is 377 g/mol. The first-order valence-electron chi connectivity index (χ1n) is 8.29. The summed E-state index contributed by atoms with van der Waals surface area (Å²) in [6, 6.07) is 12.2. The van der Waals surface area contributed by atoms with Crippen LogP contribution in [0.15, 0.2) is 48.5 Å². The molecule has 1 atom stereocenters. The van der Waals surface area contributed by atoms with Gasteiger partial charge in [-0.15, -0.1) is 0 Å². The average Bonchev–Trinajstić information content (AvgIpc) is 2.97. The Labute approximate surface area is 152 Å². The Bertz CT molecular complexity index is 900. The van der Waals surface area contributed by atoms with Crippen LogP contribution in [0.2, 0.25) is 0 Å². The van der Waals surface area contributed by atoms with Crippen LogP contribution in [-0.4, -0.2) is 32.7 Å². The van der Waals surface area contributed by atoms with Gasteiger partial charge in [0.05, 0.1) is 17.1 Å². The van der Waals surface area contributed by atoms with Crippen molar-refractivity contribution in [2.75, 3.05) is 27.2 Å². The Balaban J connectivity index is 1.63. The van der Waals surface area contributed by atoms with Gasteiger partial charge in [-0.1, -0.05) is 12.1 Å². The summed E-state index contributed by atoms with van der Waals surface area (Å²) in [7, 11) is -3.21. The molecule has 6 nitrogen and oxygen atoms in total. The van der Waals surface area contributed by atoms with E-state index in [0.717, 1.165) is 0 Å². The second-order valence-electron chi connectivity index (χ2n) is 6.12. The first-order chi connectivity index (χ1) is 12.4. The standard InChI is InChI=1S/C18H20FN3O3S/c1-13(18(23)21-17-6-3-2-5-16(17)19)20-14-7-9-15(10-8-14)22-11-4-12-26(22,24)25/h2-3,5-10,13,20H,4,11-12H2,1H3,(H,21,23)/t13-/m1/s1. The molecule has 2 aromatic rings. The van der Waals surface area contributed by atoms with E-state index in [4.69, 9.17) is 0 Å². The predicted molar refractivity (Wildman–Crippen MR) is 100 cm³/mol. The molecule has 0 radical (unpaired) electrons. The van der Waals surface area contributed by atoms with Crippen molar-refractivity contribution < 1.29 is 17.6 Å². The summed E-state index contributed by atoms with van der Waals surface area (Å²) in [5.41, 5.74) is 1.40. The van der Waals surface area contributed by atoms with E-state index in [1.54, 1.807) is 43.3 Å². The van der Waals surface area contributed by atoms with Gasteiger partial charge in [-0.3, -0.25) is 9.10 Å². The summed E-state index contributed by atoms with van der Waals surface area (Å²) in [4.78, 5) is 12.2. The highest BCUT2D eigenvalue weighted by Gasteiger charge is 2.28. The van der Waals surface area contributed by atoms with Gasteiger partial charge in [0.1, 0.15) is 11.9 Å². The number of nitrogens with zero attached hydrogens (tertiary/aromatic N) is 1. The second kappa shape index (κ2) is 7.33. The van der Waals surface area contributed by atoms with Crippen molar-refractivity contribution in [2.24, 2.45) is 0 Å². The molecule has 3 rings (SSSR count). The molecule has 0 unspecified atom stereocenters. The number of halogens is 1. The SMILES string of the molecule is C[C@@H](Nc1ccc(N2CCCS2(=O)=O)cc1)C(=O)Nc1ccccc1F. The van der Waals surface area contributed by atoms with Crippen LogP contribution in [0.3, 0.4) is 0 Å². The maximum absolute atomic E-state index is 13.6. The van der Waals surface area contributed by atoms with E-state index in [1.165, 1.54) is 16.4 Å². The predicted octanol–water partition coefficient (Wildman–Crippen LogP) is 2.80. The smallest absolute Gasteiger partial charge is 0.246 e. The van der Waals surface area contributed by atoms with Gasteiger partial charge in [0.2, 0.25) is 15.9 Å². The highest BCUT2D eigenvalue weighted by Crippen LogP contribution is 2.25. The van der Waals surface area contributed by atoms with Crippen LogP contribution in [0, 0.1) is 5.82 Å². The first-order valence-corrected chi connectivity index (χ1v) is 9.90. The molecule has 8 heteroatoms. The van der Waals surface area contributed by atoms with Crippen molar-refractivity contribution >= 4 is 33.0 Å². The van der Waals surface area contributed by atoms with E-state index in [9.17, 15) is 17.6 Å². The molecule has 1 aliphatic heterocycles. The molecule has 0 aliphatic carbocycles. The number of carbonyl (C=O) groups is 1. The zero-order chi connectivity index (χ0) is 18.7. The van der Waals surface area contributed by atoms with Crippen molar-refractivity contribution in [1.82, 2.24) is 0 Å². The van der Waals surface area contributed by atoms with E-state index in [-0.39, 0.29) is 17.3 Å². The number of para-hydroxylation sites is 1. The maximum Gasteiger partial charge on any atom is 0.246 e. The lowest BCUT2D eigenvalue weighted by Crippen LogP contribution is -2.32. The monoisotopic (exact) mass is 377 g/mol. The Hall–Kier alpha value is -2.61. The van der Waals surface area contributed by atoms with Gasteiger partial charge < -0.3 is 10.6 Å². The summed E-state index contributed by atoms with van der Waals surface area (Å²) in [5, 5.41) is 5.55. The Morgan fingerprint density at radius 1 is 1.15 bits per heavy atom. The van der Waals surface area contributed by atoms with Crippen molar-refractivity contribution in [3.63, 3.8) is 0 Å². The lowest BCUT2D eigenvalue weighted by molar-refractivity contribution is -0.116. The van der Waals surface area contributed by atoms with Crippen molar-refractivity contribution in [1.29, 1.82) is 0 Å². The summed E-state index contributed by atoms with van der Waals surface area (Å²) in [6.07, 6.45) is 0.621. The van der Waals surface area contributed by atoms with Crippen molar-refractivity contribution in [2.45, 2.75) is 19.4 Å². The fourth-order valence-corrected chi connectivity index (χ4v) is 4.34. The molecule has 0 aromatic heterocycles. The van der Waals surface area contributed by atoms with E-state index in [0.29, 0.717) is 24.3 Å². The highest BCUT2D eigenvalue weighted by molar-refractivity contribution is 7.93. The fourth-order valence-electron chi connectivity index (χ4n) is 2.77. The number of sulfonamides is 1. The molecule has 0 spiro atoms. The number of anilines is 3. The number of nitrogens with one attached hydrogen (secondary N) is 2. The molecule has 0 bridgehead atoms. The van der Waals surface area contributed by atoms with Crippen molar-refractivity contribution in [3.8, 4) is 0 Å². The second-order valence-corrected chi connectivity index (χ2v) is 8.14. The summed E-state index contributed by atoms with van der Waals surface area (Å²) >= 11 is 0. The third-order valence-corrected chi connectivity index (χ3v) is 6.03. The normalized spacial score (nSPS) is 16.9. The topological polar surface area (TPSA) is 78.5 Å². The number of amides is 1. The summed E-state index contributed by atoms with van der Waals surface area (Å²) < 4.78 is 38.9. The van der Waals surface area contributed by atoms with Crippen LogP contribution in [0.4, 0.5) is 21.5 Å². The quantitative estimate of drug-likeness (QED) is 0.840. The zero-order valence-corrected chi connectivity index (χ0v) is 15.1. The molecule has 26 heavy (non-hydrogen) atoms. The van der Waals surface area contributed by atoms with Gasteiger partial charge in [-0.05, 0) is 49.7 Å². The van der Waals surface area contributed by atoms with Gasteiger partial charge in [0, 0.05) is 12.2 Å². The summed E-state index contributed by atoms with van der Waals surface area (Å²) in [5.74, 6) is -0.703. The Morgan fingerprint density at radius 2 is 1.85 bits per heavy atom. The van der Waals surface area contributed by atoms with E-state index in [2.05, 4.69) is 10.6 Å². The molecule has 1 saturated heterocycles. The first kappa shape index (κ1) is 18.2. The molecule has 1 aliphatic rings. The third-order valence-electron chi connectivity index (χ3n) is 4.16. The highest BCUT2D eigenvalue weighted by atomic mass is 32.2. The summed E-state index contributed by atoms with van der Waals surface area (Å²) in [6.45, 7) is 2.14. The number of rotatable bonds is 5. The minimum Gasteiger partial charge on any atom is -0.374 e. The zero-order valence-electron chi connectivity index (χ0n) is 14.3. The number of carbonyl (C=O) groups excluding carboxylic acids is 1. The molecule has 2 N–H and O–H groups in total. The molecular formula is C18H20FN3O3S. The van der Waals surface area contributed by atoms with Crippen LogP contribution < -0.4 is 14.9 Å². The molecular weight excluding hydrogens is 357 g/mol. The van der Waals surface area contributed by atoms with E-state index < -0.39 is 21.9 Å². The number of hydrogen-bond acceptors (Lipinski definition) is 4. The Kier molecular flexibility index (Phi) is 5.13. The minimum atomic E-state index is -3.21. The van der Waals surface area contributed by atoms with Crippen LogP contribution in [-0.2, 0) is 14.8 Å².